The van der Waals surface area contributed by atoms with E-state index in [0.717, 1.165) is 0 Å². The summed E-state index contributed by atoms with van der Waals surface area (Å²) in [6.07, 6.45) is 3.36. The summed E-state index contributed by atoms with van der Waals surface area (Å²) < 4.78 is 0. The lowest BCUT2D eigenvalue weighted by molar-refractivity contribution is 0.869. The topological polar surface area (TPSA) is 0 Å². The molecule has 0 amide bonds. The Balaban J connectivity index is 0.000000920. The van der Waals surface area contributed by atoms with Gasteiger partial charge in [0.1, 0.15) is 0 Å². The van der Waals surface area contributed by atoms with Gasteiger partial charge in [-0.3, -0.25) is 0 Å². The molecule has 0 bridgehead atoms. The van der Waals surface area contributed by atoms with Crippen molar-refractivity contribution in [2.45, 2.75) is 416 Å². The van der Waals surface area contributed by atoms with Gasteiger partial charge in [-0.15, -0.1) is 0 Å². The van der Waals surface area contributed by atoms with E-state index in [4.69, 9.17) is 0 Å². The Morgan fingerprint density at radius 3 is 0.337 bits per heavy atom. The van der Waals surface area contributed by atoms with E-state index in [-0.39, 0.29) is 0 Å². The maximum Gasteiger partial charge on any atom is 0.0346 e. The van der Waals surface area contributed by atoms with Crippen LogP contribution in [-0.4, -0.2) is 201 Å². The van der Waals surface area contributed by atoms with E-state index < -0.39 is 201 Å². The van der Waals surface area contributed by atoms with E-state index in [1.54, 1.807) is 49.9 Å². The normalized spacial score (nSPS) is 23.7. The van der Waals surface area contributed by atoms with E-state index >= 15 is 0 Å². The summed E-state index contributed by atoms with van der Waals surface area (Å²) in [5, 5.41) is 0. The molecule has 0 nitrogen and oxygen atoms in total. The second-order valence-electron chi connectivity index (χ2n) is 51.0. The van der Waals surface area contributed by atoms with Crippen LogP contribution in [0.2, 0.25) is 391 Å². The van der Waals surface area contributed by atoms with E-state index in [0.29, 0.717) is 0 Å². The Morgan fingerprint density at radius 2 is 0.261 bits per heavy atom. The van der Waals surface area contributed by atoms with Crippen molar-refractivity contribution in [1.82, 2.24) is 0 Å². The minimum Gasteiger partial charge on any atom is -0.0753 e. The zero-order chi connectivity index (χ0) is 75.7. The highest BCUT2D eigenvalue weighted by Gasteiger charge is 2.87. The Bertz CT molecular complexity index is 2120. The molecule has 2 aliphatic heterocycles. The van der Waals surface area contributed by atoms with Crippen LogP contribution in [0.15, 0.2) is 0 Å². The van der Waals surface area contributed by atoms with Gasteiger partial charge in [0, 0.05) is 201 Å². The third kappa shape index (κ3) is 13.0. The first-order valence-electron chi connectivity index (χ1n) is 38.9. The SMILES string of the molecule is C[Si](C)(C)[Si]1([Si](C)(C)C)CCCC[Si]([Si](C)(C)C)([Si](C)(C)C)[Si](C)(C)[Si](C)([Si](C)(C)[Si]([Si](C)(C)C)([Si](C)(C)C)[Si](C)(C)C)[Si]1(C)C.C[Si](C)(C)[Si]1([Si](C)(C)C)CCCC[Si]([Si](C)(C)C)([Si](C)(C)C)[Si](C)(C)[Si](C)([Si](C)(C)[Si]([Si](C)(C)C)([Si](C)(C)C)[Si](C)(C)C)[Si]1(C)C. The Labute approximate surface area is 610 Å². The van der Waals surface area contributed by atoms with E-state index in [9.17, 15) is 0 Å². The molecule has 552 valence electrons. The maximum atomic E-state index is 3.44. The molecule has 0 aliphatic carbocycles. The van der Waals surface area contributed by atoms with Gasteiger partial charge in [0.05, 0.1) is 0 Å². The van der Waals surface area contributed by atoms with Gasteiger partial charge in [0.2, 0.25) is 0 Å². The van der Waals surface area contributed by atoms with E-state index in [2.05, 4.69) is 367 Å². The predicted molar refractivity (Wildman–Crippen MR) is 527 cm³/mol. The fourth-order valence-electron chi connectivity index (χ4n) is 37.3. The summed E-state index contributed by atoms with van der Waals surface area (Å²) in [6, 6.07) is 7.11. The van der Waals surface area contributed by atoms with Gasteiger partial charge in [-0.2, -0.15) is 0 Å². The minimum absolute atomic E-state index is 1.39. The van der Waals surface area contributed by atoms with Crippen LogP contribution in [0.5, 0.6) is 0 Å². The van der Waals surface area contributed by atoms with Crippen LogP contribution in [0.1, 0.15) is 25.7 Å². The quantitative estimate of drug-likeness (QED) is 0.120. The molecule has 0 aromatic carbocycles. The molecule has 0 aromatic heterocycles. The van der Waals surface area contributed by atoms with Crippen molar-refractivity contribution in [2.75, 3.05) is 0 Å². The fraction of sp³-hybridized carbons (Fsp3) is 1.00. The van der Waals surface area contributed by atoms with Crippen molar-refractivity contribution < 1.29 is 0 Å². The summed E-state index contributed by atoms with van der Waals surface area (Å²) in [7, 11) is -29.8. The maximum absolute atomic E-state index is 3.44. The molecular weight excluding hydrogens is 1560 g/mol. The van der Waals surface area contributed by atoms with E-state index in [1.165, 1.54) is 0 Å². The molecule has 0 unspecified atom stereocenters. The Morgan fingerprint density at radius 1 is 0.163 bits per heavy atom. The minimum atomic E-state index is -1.76. The largest absolute Gasteiger partial charge is 0.0753 e. The summed E-state index contributed by atoms with van der Waals surface area (Å²) in [5.41, 5.74) is 0. The molecule has 2 heterocycles. The third-order valence-electron chi connectivity index (χ3n) is 33.3. The molecule has 92 heavy (non-hydrogen) atoms. The first kappa shape index (κ1) is 96.1. The van der Waals surface area contributed by atoms with Crippen molar-refractivity contribution in [3.63, 3.8) is 0 Å². The van der Waals surface area contributed by atoms with Gasteiger partial charge < -0.3 is 0 Å². The van der Waals surface area contributed by atoms with Crippen LogP contribution >= 0.6 is 0 Å². The predicted octanol–water partition coefficient (Wildman–Crippen LogP) is 25.4. The number of hydrogen-bond donors (Lipinski definition) is 0. The monoisotopic (exact) mass is 1740 g/mol. The van der Waals surface area contributed by atoms with Gasteiger partial charge in [-0.1, -0.05) is 416 Å². The summed E-state index contributed by atoms with van der Waals surface area (Å²) in [5.74, 6) is 0. The van der Waals surface area contributed by atoms with Crippen LogP contribution in [0.3, 0.4) is 0 Å². The average molecular weight is 1740 g/mol. The molecule has 2 aliphatic rings. The number of hydrogen-bond acceptors (Lipinski definition) is 0. The van der Waals surface area contributed by atoms with Crippen molar-refractivity contribution in [2.24, 2.45) is 0 Å². The molecule has 2 fully saturated rings. The standard InChI is InChI=1S/2C32H92Si14/c2*1-33(2,3)44(34(4,5)6)31-29-30-32-45(35(7,8)9,36(10,11)12)41(24,25)43(28,40(44,22)23)42(26,27)46(37(13,14)15,38(16,17)18)39(19,20)21/h2*29-32H2,1-28H3. The molecule has 0 atom stereocenters. The highest BCUT2D eigenvalue weighted by Crippen LogP contribution is 2.62. The highest BCUT2D eigenvalue weighted by molar-refractivity contribution is 8.30. The van der Waals surface area contributed by atoms with Gasteiger partial charge in [-0.25, -0.2) is 0 Å². The van der Waals surface area contributed by atoms with Crippen LogP contribution in [0, 0.1) is 0 Å². The lowest BCUT2D eigenvalue weighted by Gasteiger charge is -2.79. The summed E-state index contributed by atoms with van der Waals surface area (Å²) in [4.78, 5) is 0. The van der Waals surface area contributed by atoms with Crippen molar-refractivity contribution in [3.8, 4) is 0 Å². The van der Waals surface area contributed by atoms with Crippen molar-refractivity contribution in [3.05, 3.63) is 0 Å². The molecule has 28 heteroatoms. The summed E-state index contributed by atoms with van der Waals surface area (Å²) >= 11 is 0. The first-order valence-corrected chi connectivity index (χ1v) is 150. The zero-order valence-corrected chi connectivity index (χ0v) is 104. The zero-order valence-electron chi connectivity index (χ0n) is 75.7. The van der Waals surface area contributed by atoms with Crippen molar-refractivity contribution >= 4 is 201 Å². The second kappa shape index (κ2) is 27.0. The Kier molecular flexibility index (Phi) is 28.2. The third-order valence-corrected chi connectivity index (χ3v) is 775. The van der Waals surface area contributed by atoms with Gasteiger partial charge in [0.15, 0.2) is 0 Å². The van der Waals surface area contributed by atoms with E-state index in [1.807, 2.05) is 0 Å². The smallest absolute Gasteiger partial charge is 0.0346 e. The van der Waals surface area contributed by atoms with Crippen LogP contribution in [0.4, 0.5) is 0 Å². The lowest BCUT2D eigenvalue weighted by atomic mass is 10.4. The van der Waals surface area contributed by atoms with Gasteiger partial charge >= 0.3 is 0 Å². The van der Waals surface area contributed by atoms with Gasteiger partial charge in [0.25, 0.3) is 0 Å². The number of rotatable bonds is 18. The fourth-order valence-corrected chi connectivity index (χ4v) is 1420. The molecule has 0 saturated carbocycles. The molecule has 0 radical (unpaired) electrons. The molecule has 2 saturated heterocycles. The molecule has 0 N–H and O–H groups in total. The molecular formula is C64H184Si28. The molecule has 0 spiro atoms. The lowest BCUT2D eigenvalue weighted by Crippen LogP contribution is -3.09. The highest BCUT2D eigenvalue weighted by atomic mass is 30.4. The van der Waals surface area contributed by atoms with Crippen LogP contribution in [-0.2, 0) is 0 Å². The molecule has 2 rings (SSSR count). The first-order chi connectivity index (χ1) is 38.9. The average Bonchev–Trinajstić information content (AvgIpc) is 0.821. The van der Waals surface area contributed by atoms with Gasteiger partial charge in [-0.05, 0) is 0 Å². The van der Waals surface area contributed by atoms with Crippen LogP contribution in [0.25, 0.3) is 0 Å². The Hall–Kier alpha value is 6.07. The second-order valence-corrected chi connectivity index (χ2v) is 379. The van der Waals surface area contributed by atoms with Crippen molar-refractivity contribution in [1.29, 1.82) is 0 Å². The van der Waals surface area contributed by atoms with Crippen LogP contribution < -0.4 is 0 Å². The molecule has 0 aromatic rings. The summed E-state index contributed by atoms with van der Waals surface area (Å²) in [6.45, 7) is 163.